The first-order chi connectivity index (χ1) is 3.91. The molecule has 0 fully saturated rings. The Bertz CT molecular complexity index is 53.5. The fourth-order valence-corrected chi connectivity index (χ4v) is 0.366. The Kier molecular flexibility index (Phi) is 6.09. The van der Waals surface area contributed by atoms with Gasteiger partial charge in [0, 0.05) is 6.20 Å². The van der Waals surface area contributed by atoms with Crippen LogP contribution in [0, 0.1) is 0 Å². The van der Waals surface area contributed by atoms with Crippen LogP contribution >= 0.6 is 0 Å². The van der Waals surface area contributed by atoms with E-state index in [1.54, 1.807) is 13.3 Å². The third kappa shape index (κ3) is 5.50. The molecule has 1 N–H and O–H groups in total. The van der Waals surface area contributed by atoms with Gasteiger partial charge in [0.25, 0.3) is 0 Å². The maximum absolute atomic E-state index is 4.55. The molecule has 0 rings (SSSR count). The minimum absolute atomic E-state index is 1.11. The third-order valence-electron chi connectivity index (χ3n) is 0.759. The molecule has 0 amide bonds. The van der Waals surface area contributed by atoms with Gasteiger partial charge in [0.1, 0.15) is 0 Å². The molecule has 0 bridgehead atoms. The van der Waals surface area contributed by atoms with Crippen molar-refractivity contribution in [3.63, 3.8) is 0 Å². The summed E-state index contributed by atoms with van der Waals surface area (Å²) in [7, 11) is 1.59. The molecule has 0 aliphatic carbocycles. The molecule has 0 aliphatic rings. The quantitative estimate of drug-likeness (QED) is 0.560. The maximum atomic E-state index is 4.55. The molecule has 8 heavy (non-hydrogen) atoms. The van der Waals surface area contributed by atoms with Crippen molar-refractivity contribution in [2.75, 3.05) is 7.11 Å². The van der Waals surface area contributed by atoms with Gasteiger partial charge in [-0.15, -0.1) is 0 Å². The molecule has 2 nitrogen and oxygen atoms in total. The fraction of sp³-hybridized carbons (Fsp3) is 0.667. The average Bonchev–Trinajstić information content (AvgIpc) is 1.81. The van der Waals surface area contributed by atoms with Crippen molar-refractivity contribution in [1.29, 1.82) is 0 Å². The summed E-state index contributed by atoms with van der Waals surface area (Å²) in [5.41, 5.74) is 2.60. The zero-order chi connectivity index (χ0) is 6.24. The van der Waals surface area contributed by atoms with E-state index in [1.165, 1.54) is 6.42 Å². The van der Waals surface area contributed by atoms with E-state index in [0.29, 0.717) is 0 Å². The van der Waals surface area contributed by atoms with Crippen molar-refractivity contribution in [3.05, 3.63) is 12.3 Å². The van der Waals surface area contributed by atoms with E-state index in [9.17, 15) is 0 Å². The number of hydroxylamine groups is 1. The summed E-state index contributed by atoms with van der Waals surface area (Å²) in [6.45, 7) is 2.14. The average molecular weight is 115 g/mol. The van der Waals surface area contributed by atoms with Crippen molar-refractivity contribution in [2.24, 2.45) is 0 Å². The molecule has 0 heterocycles. The summed E-state index contributed by atoms with van der Waals surface area (Å²) in [6, 6.07) is 0. The van der Waals surface area contributed by atoms with Gasteiger partial charge in [0.05, 0.1) is 7.11 Å². The zero-order valence-electron chi connectivity index (χ0n) is 5.48. The summed E-state index contributed by atoms with van der Waals surface area (Å²) in [5, 5.41) is 0. The monoisotopic (exact) mass is 115 g/mol. The second-order valence-corrected chi connectivity index (χ2v) is 1.51. The van der Waals surface area contributed by atoms with Crippen molar-refractivity contribution in [2.45, 2.75) is 19.8 Å². The van der Waals surface area contributed by atoms with Crippen LogP contribution in [0.4, 0.5) is 0 Å². The Morgan fingerprint density at radius 3 is 2.88 bits per heavy atom. The highest BCUT2D eigenvalue weighted by atomic mass is 16.6. The van der Waals surface area contributed by atoms with Crippen LogP contribution in [0.2, 0.25) is 0 Å². The molecule has 0 unspecified atom stereocenters. The molecule has 0 saturated carbocycles. The number of hydrogen-bond acceptors (Lipinski definition) is 2. The molecule has 0 aromatic heterocycles. The van der Waals surface area contributed by atoms with E-state index >= 15 is 0 Å². The zero-order valence-corrected chi connectivity index (χ0v) is 5.48. The van der Waals surface area contributed by atoms with Gasteiger partial charge in [-0.3, -0.25) is 10.3 Å². The van der Waals surface area contributed by atoms with Crippen molar-refractivity contribution < 1.29 is 4.84 Å². The molecule has 0 saturated heterocycles. The van der Waals surface area contributed by atoms with E-state index in [-0.39, 0.29) is 0 Å². The highest BCUT2D eigenvalue weighted by molar-refractivity contribution is 4.75. The van der Waals surface area contributed by atoms with Crippen molar-refractivity contribution >= 4 is 0 Å². The third-order valence-corrected chi connectivity index (χ3v) is 0.759. The summed E-state index contributed by atoms with van der Waals surface area (Å²) in [6.07, 6.45) is 6.12. The molecule has 0 spiro atoms. The second kappa shape index (κ2) is 6.50. The predicted octanol–water partition coefficient (Wildman–Crippen LogP) is 1.45. The van der Waals surface area contributed by atoms with Gasteiger partial charge < -0.3 is 0 Å². The number of nitrogens with one attached hydrogen (secondary N) is 1. The lowest BCUT2D eigenvalue weighted by Gasteiger charge is -1.90. The number of rotatable bonds is 4. The molecule has 0 aromatic carbocycles. The number of allylic oxidation sites excluding steroid dienone is 1. The van der Waals surface area contributed by atoms with Crippen LogP contribution in [-0.4, -0.2) is 7.11 Å². The molecule has 0 aromatic rings. The van der Waals surface area contributed by atoms with E-state index in [0.717, 1.165) is 6.42 Å². The first-order valence-electron chi connectivity index (χ1n) is 2.85. The molecular formula is C6H13NO. The van der Waals surface area contributed by atoms with Crippen LogP contribution in [-0.2, 0) is 4.84 Å². The highest BCUT2D eigenvalue weighted by Crippen LogP contribution is 1.85. The minimum atomic E-state index is 1.11. The summed E-state index contributed by atoms with van der Waals surface area (Å²) in [5.74, 6) is 0. The van der Waals surface area contributed by atoms with E-state index in [1.807, 2.05) is 6.08 Å². The van der Waals surface area contributed by atoms with Crippen molar-refractivity contribution in [3.8, 4) is 0 Å². The van der Waals surface area contributed by atoms with Gasteiger partial charge in [0.15, 0.2) is 0 Å². The Morgan fingerprint density at radius 1 is 1.62 bits per heavy atom. The Hall–Kier alpha value is -0.500. The lowest BCUT2D eigenvalue weighted by Crippen LogP contribution is -1.99. The first-order valence-corrected chi connectivity index (χ1v) is 2.85. The minimum Gasteiger partial charge on any atom is -0.280 e. The lowest BCUT2D eigenvalue weighted by molar-refractivity contribution is 0.128. The largest absolute Gasteiger partial charge is 0.280 e. The van der Waals surface area contributed by atoms with Crippen molar-refractivity contribution in [1.82, 2.24) is 5.48 Å². The Balaban J connectivity index is 2.83. The van der Waals surface area contributed by atoms with Gasteiger partial charge in [-0.25, -0.2) is 0 Å². The normalized spacial score (nSPS) is 10.2. The van der Waals surface area contributed by atoms with Crippen LogP contribution in [0.5, 0.6) is 0 Å². The van der Waals surface area contributed by atoms with Crippen LogP contribution in [0.25, 0.3) is 0 Å². The number of unbranched alkanes of at least 4 members (excludes halogenated alkanes) is 1. The Labute approximate surface area is 50.5 Å². The predicted molar refractivity (Wildman–Crippen MR) is 34.2 cm³/mol. The van der Waals surface area contributed by atoms with Crippen LogP contribution in [0.1, 0.15) is 19.8 Å². The van der Waals surface area contributed by atoms with Crippen LogP contribution in [0.3, 0.4) is 0 Å². The molecule has 0 aliphatic heterocycles. The second-order valence-electron chi connectivity index (χ2n) is 1.51. The number of hydrogen-bond donors (Lipinski definition) is 1. The van der Waals surface area contributed by atoms with Gasteiger partial charge in [-0.05, 0) is 6.42 Å². The molecule has 2 heteroatoms. The molecular weight excluding hydrogens is 102 g/mol. The molecule has 48 valence electrons. The summed E-state index contributed by atoms with van der Waals surface area (Å²) in [4.78, 5) is 4.55. The highest BCUT2D eigenvalue weighted by Gasteiger charge is 1.69. The van der Waals surface area contributed by atoms with E-state index < -0.39 is 0 Å². The van der Waals surface area contributed by atoms with E-state index in [2.05, 4.69) is 17.2 Å². The van der Waals surface area contributed by atoms with Gasteiger partial charge in [0.2, 0.25) is 0 Å². The summed E-state index contributed by atoms with van der Waals surface area (Å²) >= 11 is 0. The van der Waals surface area contributed by atoms with Gasteiger partial charge in [-0.2, -0.15) is 0 Å². The lowest BCUT2D eigenvalue weighted by atomic mass is 10.3. The maximum Gasteiger partial charge on any atom is 0.0636 e. The Morgan fingerprint density at radius 2 is 2.38 bits per heavy atom. The SMILES string of the molecule is CCC/C=C/NOC. The van der Waals surface area contributed by atoms with E-state index in [4.69, 9.17) is 0 Å². The smallest absolute Gasteiger partial charge is 0.0636 e. The topological polar surface area (TPSA) is 21.3 Å². The van der Waals surface area contributed by atoms with Crippen LogP contribution < -0.4 is 5.48 Å². The molecule has 0 radical (unpaired) electrons. The first kappa shape index (κ1) is 7.50. The van der Waals surface area contributed by atoms with Crippen LogP contribution in [0.15, 0.2) is 12.3 Å². The summed E-state index contributed by atoms with van der Waals surface area (Å²) < 4.78 is 0. The van der Waals surface area contributed by atoms with Gasteiger partial charge in [-0.1, -0.05) is 19.4 Å². The fourth-order valence-electron chi connectivity index (χ4n) is 0.366. The molecule has 0 atom stereocenters. The standard InChI is InChI=1S/C6H13NO/c1-3-4-5-6-7-8-2/h5-7H,3-4H2,1-2H3/b6-5+. The van der Waals surface area contributed by atoms with Gasteiger partial charge >= 0.3 is 0 Å².